The van der Waals surface area contributed by atoms with Gasteiger partial charge in [0.25, 0.3) is 0 Å². The highest BCUT2D eigenvalue weighted by molar-refractivity contribution is 5.73. The Morgan fingerprint density at radius 3 is 2.94 bits per heavy atom. The summed E-state index contributed by atoms with van der Waals surface area (Å²) in [5, 5.41) is 0. The lowest BCUT2D eigenvalue weighted by Gasteiger charge is -1.99. The Balaban J connectivity index is 2.11. The van der Waals surface area contributed by atoms with Crippen LogP contribution in [0.2, 0.25) is 0 Å². The summed E-state index contributed by atoms with van der Waals surface area (Å²) in [7, 11) is 1.36. The van der Waals surface area contributed by atoms with E-state index in [1.54, 1.807) is 6.07 Å². The zero-order valence-electron chi connectivity index (χ0n) is 10.1. The summed E-state index contributed by atoms with van der Waals surface area (Å²) in [6.07, 6.45) is 2.21. The molecule has 0 aliphatic carbocycles. The van der Waals surface area contributed by atoms with Crippen molar-refractivity contribution < 1.29 is 13.9 Å². The molecule has 5 nitrogen and oxygen atoms in total. The average molecular weight is 246 g/mol. The number of aryl methyl sites for hydroxylation is 1. The van der Waals surface area contributed by atoms with E-state index >= 15 is 0 Å². The molecule has 0 spiro atoms. The number of ether oxygens (including phenoxy) is 1. The van der Waals surface area contributed by atoms with Gasteiger partial charge in [-0.25, -0.2) is 4.98 Å². The fourth-order valence-corrected chi connectivity index (χ4v) is 1.59. The van der Waals surface area contributed by atoms with E-state index in [9.17, 15) is 4.79 Å². The smallest absolute Gasteiger partial charge is 0.306 e. The van der Waals surface area contributed by atoms with Crippen LogP contribution in [0.25, 0.3) is 11.3 Å². The molecule has 0 aliphatic rings. The molecule has 1 aromatic carbocycles. The van der Waals surface area contributed by atoms with Crippen LogP contribution in [-0.4, -0.2) is 18.1 Å². The number of aromatic nitrogens is 1. The van der Waals surface area contributed by atoms with Gasteiger partial charge in [-0.05, 0) is 6.07 Å². The first-order valence-corrected chi connectivity index (χ1v) is 5.57. The molecular weight excluding hydrogens is 232 g/mol. The van der Waals surface area contributed by atoms with Crippen molar-refractivity contribution in [1.29, 1.82) is 0 Å². The predicted octanol–water partition coefficient (Wildman–Crippen LogP) is 2.03. The van der Waals surface area contributed by atoms with Crippen LogP contribution in [0.3, 0.4) is 0 Å². The van der Waals surface area contributed by atoms with Crippen LogP contribution in [0.15, 0.2) is 34.9 Å². The van der Waals surface area contributed by atoms with E-state index < -0.39 is 0 Å². The van der Waals surface area contributed by atoms with Crippen LogP contribution in [0.5, 0.6) is 0 Å². The van der Waals surface area contributed by atoms with Crippen molar-refractivity contribution in [2.24, 2.45) is 0 Å². The third-order valence-electron chi connectivity index (χ3n) is 2.56. The van der Waals surface area contributed by atoms with Crippen molar-refractivity contribution in [2.75, 3.05) is 12.8 Å². The fourth-order valence-electron chi connectivity index (χ4n) is 1.59. The molecule has 0 aliphatic heterocycles. The minimum absolute atomic E-state index is 0.251. The minimum atomic E-state index is -0.283. The maximum Gasteiger partial charge on any atom is 0.306 e. The molecule has 1 aromatic heterocycles. The van der Waals surface area contributed by atoms with Crippen LogP contribution in [0.1, 0.15) is 12.3 Å². The number of para-hydroxylation sites is 1. The third-order valence-corrected chi connectivity index (χ3v) is 2.56. The number of carbonyl (C=O) groups is 1. The predicted molar refractivity (Wildman–Crippen MR) is 66.7 cm³/mol. The minimum Gasteiger partial charge on any atom is -0.469 e. The highest BCUT2D eigenvalue weighted by Gasteiger charge is 2.10. The molecule has 0 atom stereocenters. The number of nitrogens with zero attached hydrogens (tertiary/aromatic N) is 1. The molecule has 0 saturated carbocycles. The number of esters is 1. The van der Waals surface area contributed by atoms with Gasteiger partial charge in [0, 0.05) is 17.7 Å². The number of hydrogen-bond donors (Lipinski definition) is 1. The number of nitrogens with two attached hydrogens (primary N) is 1. The van der Waals surface area contributed by atoms with Crippen LogP contribution in [0.4, 0.5) is 5.69 Å². The standard InChI is InChI=1S/C13H14N2O3/c1-17-13(16)7-6-12-15-11(8-18-12)9-4-2-3-5-10(9)14/h2-5,8H,6-7,14H2,1H3. The first kappa shape index (κ1) is 12.2. The summed E-state index contributed by atoms with van der Waals surface area (Å²) in [6, 6.07) is 7.42. The van der Waals surface area contributed by atoms with Crippen LogP contribution in [-0.2, 0) is 16.0 Å². The van der Waals surface area contributed by atoms with E-state index in [-0.39, 0.29) is 12.4 Å². The average Bonchev–Trinajstić information content (AvgIpc) is 2.85. The van der Waals surface area contributed by atoms with Crippen molar-refractivity contribution in [1.82, 2.24) is 4.98 Å². The van der Waals surface area contributed by atoms with Crippen molar-refractivity contribution in [3.63, 3.8) is 0 Å². The topological polar surface area (TPSA) is 78.3 Å². The number of hydrogen-bond acceptors (Lipinski definition) is 5. The Morgan fingerprint density at radius 1 is 1.44 bits per heavy atom. The van der Waals surface area contributed by atoms with Gasteiger partial charge in [-0.1, -0.05) is 18.2 Å². The molecule has 0 radical (unpaired) electrons. The lowest BCUT2D eigenvalue weighted by Crippen LogP contribution is -2.02. The number of benzene rings is 1. The quantitative estimate of drug-likeness (QED) is 0.659. The number of carbonyl (C=O) groups excluding carboxylic acids is 1. The molecule has 2 N–H and O–H groups in total. The monoisotopic (exact) mass is 246 g/mol. The van der Waals surface area contributed by atoms with Crippen molar-refractivity contribution in [2.45, 2.75) is 12.8 Å². The van der Waals surface area contributed by atoms with Gasteiger partial charge < -0.3 is 14.9 Å². The molecule has 2 rings (SSSR count). The fraction of sp³-hybridized carbons (Fsp3) is 0.231. The summed E-state index contributed by atoms with van der Waals surface area (Å²) in [5.74, 6) is 0.215. The third kappa shape index (κ3) is 2.68. The molecule has 0 saturated heterocycles. The van der Waals surface area contributed by atoms with Gasteiger partial charge in [-0.2, -0.15) is 0 Å². The first-order chi connectivity index (χ1) is 8.70. The molecule has 1 heterocycles. The Bertz CT molecular complexity index is 549. The molecule has 0 amide bonds. The lowest BCUT2D eigenvalue weighted by molar-refractivity contribution is -0.140. The number of rotatable bonds is 4. The Hall–Kier alpha value is -2.30. The zero-order chi connectivity index (χ0) is 13.0. The summed E-state index contributed by atoms with van der Waals surface area (Å²) in [4.78, 5) is 15.3. The molecular formula is C13H14N2O3. The summed E-state index contributed by atoms with van der Waals surface area (Å²) < 4.78 is 9.85. The summed E-state index contributed by atoms with van der Waals surface area (Å²) in [5.41, 5.74) is 7.99. The maximum atomic E-state index is 11.0. The van der Waals surface area contributed by atoms with Gasteiger partial charge in [0.05, 0.1) is 13.5 Å². The Morgan fingerprint density at radius 2 is 2.22 bits per heavy atom. The van der Waals surface area contributed by atoms with Gasteiger partial charge in [0.1, 0.15) is 12.0 Å². The SMILES string of the molecule is COC(=O)CCc1nc(-c2ccccc2N)co1. The number of oxazole rings is 1. The maximum absolute atomic E-state index is 11.0. The molecule has 2 aromatic rings. The number of nitrogen functional groups attached to an aromatic ring is 1. The van der Waals surface area contributed by atoms with Crippen LogP contribution < -0.4 is 5.73 Å². The highest BCUT2D eigenvalue weighted by Crippen LogP contribution is 2.24. The van der Waals surface area contributed by atoms with E-state index in [2.05, 4.69) is 9.72 Å². The molecule has 5 heteroatoms. The van der Waals surface area contributed by atoms with Gasteiger partial charge in [0.15, 0.2) is 5.89 Å². The molecule has 0 unspecified atom stereocenters. The van der Waals surface area contributed by atoms with Crippen molar-refractivity contribution in [3.8, 4) is 11.3 Å². The second-order valence-electron chi connectivity index (χ2n) is 3.79. The lowest BCUT2D eigenvalue weighted by atomic mass is 10.1. The van der Waals surface area contributed by atoms with E-state index in [1.807, 2.05) is 18.2 Å². The zero-order valence-corrected chi connectivity index (χ0v) is 10.1. The molecule has 0 fully saturated rings. The number of anilines is 1. The van der Waals surface area contributed by atoms with E-state index in [4.69, 9.17) is 10.2 Å². The summed E-state index contributed by atoms with van der Waals surface area (Å²) in [6.45, 7) is 0. The van der Waals surface area contributed by atoms with Gasteiger partial charge in [-0.15, -0.1) is 0 Å². The highest BCUT2D eigenvalue weighted by atomic mass is 16.5. The molecule has 0 bridgehead atoms. The number of methoxy groups -OCH3 is 1. The van der Waals surface area contributed by atoms with Gasteiger partial charge in [0.2, 0.25) is 0 Å². The second-order valence-corrected chi connectivity index (χ2v) is 3.79. The largest absolute Gasteiger partial charge is 0.469 e. The second kappa shape index (κ2) is 5.35. The van der Waals surface area contributed by atoms with Crippen LogP contribution in [0, 0.1) is 0 Å². The van der Waals surface area contributed by atoms with Crippen LogP contribution >= 0.6 is 0 Å². The Kier molecular flexibility index (Phi) is 3.62. The van der Waals surface area contributed by atoms with E-state index in [0.29, 0.717) is 23.7 Å². The Labute approximate surface area is 105 Å². The van der Waals surface area contributed by atoms with Gasteiger partial charge in [-0.3, -0.25) is 4.79 Å². The van der Waals surface area contributed by atoms with Crippen molar-refractivity contribution in [3.05, 3.63) is 36.4 Å². The van der Waals surface area contributed by atoms with Crippen molar-refractivity contribution >= 4 is 11.7 Å². The summed E-state index contributed by atoms with van der Waals surface area (Å²) >= 11 is 0. The van der Waals surface area contributed by atoms with E-state index in [1.165, 1.54) is 13.4 Å². The van der Waals surface area contributed by atoms with Gasteiger partial charge >= 0.3 is 5.97 Å². The first-order valence-electron chi connectivity index (χ1n) is 5.57. The molecule has 18 heavy (non-hydrogen) atoms. The van der Waals surface area contributed by atoms with E-state index in [0.717, 1.165) is 5.56 Å². The normalized spacial score (nSPS) is 10.3. The molecule has 94 valence electrons.